The van der Waals surface area contributed by atoms with Gasteiger partial charge in [0.1, 0.15) is 0 Å². The van der Waals surface area contributed by atoms with Crippen LogP contribution in [-0.2, 0) is 9.47 Å². The lowest BCUT2D eigenvalue weighted by Crippen LogP contribution is -2.17. The summed E-state index contributed by atoms with van der Waals surface area (Å²) in [5.41, 5.74) is 2.95. The van der Waals surface area contributed by atoms with Gasteiger partial charge < -0.3 is 9.47 Å². The van der Waals surface area contributed by atoms with Gasteiger partial charge in [0.2, 0.25) is 0 Å². The van der Waals surface area contributed by atoms with Gasteiger partial charge in [0.15, 0.2) is 5.65 Å². The molecule has 6 nitrogen and oxygen atoms in total. The zero-order chi connectivity index (χ0) is 22.3. The molecule has 0 bridgehead atoms. The van der Waals surface area contributed by atoms with Crippen molar-refractivity contribution in [3.63, 3.8) is 0 Å². The predicted molar refractivity (Wildman–Crippen MR) is 127 cm³/mol. The fourth-order valence-corrected chi connectivity index (χ4v) is 4.24. The van der Waals surface area contributed by atoms with E-state index in [0.29, 0.717) is 31.2 Å². The second-order valence-electron chi connectivity index (χ2n) is 7.37. The van der Waals surface area contributed by atoms with E-state index in [9.17, 15) is 4.79 Å². The van der Waals surface area contributed by atoms with Gasteiger partial charge in [-0.15, -0.1) is 0 Å². The van der Waals surface area contributed by atoms with Crippen LogP contribution in [0.4, 0.5) is 0 Å². The van der Waals surface area contributed by atoms with E-state index in [1.165, 1.54) is 15.5 Å². The molecule has 0 aliphatic heterocycles. The SMILES string of the molecule is CCOCCCOC(C)c1cc(=O)n2[nH]cc(-c3ccc(Sc4ccccc4)cc3)c2n1. The number of nitrogens with zero attached hydrogens (tertiary/aromatic N) is 2. The van der Waals surface area contributed by atoms with Crippen LogP contribution in [0.25, 0.3) is 16.8 Å². The highest BCUT2D eigenvalue weighted by Gasteiger charge is 2.15. The number of hydrogen-bond acceptors (Lipinski definition) is 5. The molecule has 166 valence electrons. The Morgan fingerprint density at radius 3 is 2.56 bits per heavy atom. The lowest BCUT2D eigenvalue weighted by molar-refractivity contribution is 0.0418. The Bertz CT molecular complexity index is 1200. The molecule has 0 radical (unpaired) electrons. The van der Waals surface area contributed by atoms with Gasteiger partial charge >= 0.3 is 0 Å². The number of H-pyrrole nitrogens is 1. The van der Waals surface area contributed by atoms with Gasteiger partial charge in [-0.05, 0) is 50.1 Å². The second kappa shape index (κ2) is 10.6. The first-order valence-corrected chi connectivity index (χ1v) is 11.6. The topological polar surface area (TPSA) is 68.6 Å². The van der Waals surface area contributed by atoms with Crippen molar-refractivity contribution in [2.24, 2.45) is 0 Å². The number of hydrogen-bond donors (Lipinski definition) is 1. The zero-order valence-corrected chi connectivity index (χ0v) is 19.1. The first kappa shape index (κ1) is 22.3. The molecule has 2 heterocycles. The molecule has 0 saturated carbocycles. The number of aromatic amines is 1. The smallest absolute Gasteiger partial charge is 0.273 e. The van der Waals surface area contributed by atoms with E-state index >= 15 is 0 Å². The summed E-state index contributed by atoms with van der Waals surface area (Å²) in [4.78, 5) is 19.7. The zero-order valence-electron chi connectivity index (χ0n) is 18.3. The van der Waals surface area contributed by atoms with Crippen molar-refractivity contribution in [3.05, 3.63) is 82.9 Å². The third-order valence-corrected chi connectivity index (χ3v) is 6.10. The Morgan fingerprint density at radius 2 is 1.81 bits per heavy atom. The molecule has 32 heavy (non-hydrogen) atoms. The molecule has 1 unspecified atom stereocenters. The van der Waals surface area contributed by atoms with Crippen LogP contribution in [0.2, 0.25) is 0 Å². The van der Waals surface area contributed by atoms with Crippen LogP contribution in [0.1, 0.15) is 32.1 Å². The lowest BCUT2D eigenvalue weighted by atomic mass is 10.1. The van der Waals surface area contributed by atoms with Gasteiger partial charge in [0, 0.05) is 47.4 Å². The number of aromatic nitrogens is 3. The molecular formula is C25H27N3O3S. The van der Waals surface area contributed by atoms with E-state index in [-0.39, 0.29) is 11.7 Å². The molecule has 7 heteroatoms. The monoisotopic (exact) mass is 449 g/mol. The summed E-state index contributed by atoms with van der Waals surface area (Å²) >= 11 is 1.71. The number of rotatable bonds is 10. The molecule has 0 spiro atoms. The van der Waals surface area contributed by atoms with Crippen LogP contribution in [-0.4, -0.2) is 34.4 Å². The molecule has 2 aromatic heterocycles. The van der Waals surface area contributed by atoms with Crippen LogP contribution < -0.4 is 5.56 Å². The van der Waals surface area contributed by atoms with Crippen molar-refractivity contribution in [2.75, 3.05) is 19.8 Å². The fraction of sp³-hybridized carbons (Fsp3) is 0.280. The standard InChI is InChI=1S/C25H27N3O3S/c1-3-30-14-7-15-31-18(2)23-16-24(29)28-25(27-23)22(17-26-28)19-10-12-21(13-11-19)32-20-8-5-4-6-9-20/h4-6,8-13,16-18,26H,3,7,14-15H2,1-2H3. The molecule has 0 aliphatic carbocycles. The van der Waals surface area contributed by atoms with Gasteiger partial charge in [-0.2, -0.15) is 0 Å². The van der Waals surface area contributed by atoms with Gasteiger partial charge in [-0.1, -0.05) is 42.1 Å². The van der Waals surface area contributed by atoms with E-state index < -0.39 is 0 Å². The first-order chi connectivity index (χ1) is 15.7. The number of ether oxygens (including phenoxy) is 2. The summed E-state index contributed by atoms with van der Waals surface area (Å²) in [5.74, 6) is 0. The van der Waals surface area contributed by atoms with Crippen molar-refractivity contribution in [1.29, 1.82) is 0 Å². The van der Waals surface area contributed by atoms with Crippen LogP contribution >= 0.6 is 11.8 Å². The Kier molecular flexibility index (Phi) is 7.42. The molecule has 4 aromatic rings. The lowest BCUT2D eigenvalue weighted by Gasteiger charge is -2.13. The van der Waals surface area contributed by atoms with Crippen LogP contribution in [0.5, 0.6) is 0 Å². The Hall–Kier alpha value is -2.87. The van der Waals surface area contributed by atoms with Crippen molar-refractivity contribution in [1.82, 2.24) is 14.6 Å². The summed E-state index contributed by atoms with van der Waals surface area (Å²) in [6, 6.07) is 20.1. The molecular weight excluding hydrogens is 422 g/mol. The summed E-state index contributed by atoms with van der Waals surface area (Å²) in [6.45, 7) is 5.81. The minimum absolute atomic E-state index is 0.155. The first-order valence-electron chi connectivity index (χ1n) is 10.8. The van der Waals surface area contributed by atoms with E-state index in [0.717, 1.165) is 22.4 Å². The van der Waals surface area contributed by atoms with E-state index in [4.69, 9.17) is 14.5 Å². The molecule has 2 aromatic carbocycles. The van der Waals surface area contributed by atoms with Crippen molar-refractivity contribution in [3.8, 4) is 11.1 Å². The van der Waals surface area contributed by atoms with Gasteiger partial charge in [-0.25, -0.2) is 9.50 Å². The van der Waals surface area contributed by atoms with Crippen LogP contribution in [0.15, 0.2) is 81.4 Å². The molecule has 1 atom stereocenters. The fourth-order valence-electron chi connectivity index (χ4n) is 3.40. The Balaban J connectivity index is 1.53. The summed E-state index contributed by atoms with van der Waals surface area (Å²) < 4.78 is 12.7. The average molecular weight is 450 g/mol. The minimum atomic E-state index is -0.276. The van der Waals surface area contributed by atoms with Crippen molar-refractivity contribution in [2.45, 2.75) is 36.2 Å². The Morgan fingerprint density at radius 1 is 1.06 bits per heavy atom. The van der Waals surface area contributed by atoms with E-state index in [1.54, 1.807) is 11.8 Å². The maximum absolute atomic E-state index is 12.6. The average Bonchev–Trinajstić information content (AvgIpc) is 3.25. The van der Waals surface area contributed by atoms with Gasteiger partial charge in [0.05, 0.1) is 11.8 Å². The molecule has 4 rings (SSSR count). The highest BCUT2D eigenvalue weighted by Crippen LogP contribution is 2.30. The number of benzene rings is 2. The summed E-state index contributed by atoms with van der Waals surface area (Å²) in [6.07, 6.45) is 2.35. The molecule has 0 aliphatic rings. The van der Waals surface area contributed by atoms with Crippen molar-refractivity contribution >= 4 is 17.4 Å². The van der Waals surface area contributed by atoms with Gasteiger partial charge in [-0.3, -0.25) is 9.89 Å². The number of fused-ring (bicyclic) bond motifs is 1. The molecule has 1 N–H and O–H groups in total. The van der Waals surface area contributed by atoms with E-state index in [2.05, 4.69) is 41.5 Å². The third kappa shape index (κ3) is 5.30. The Labute approximate surface area is 191 Å². The highest BCUT2D eigenvalue weighted by molar-refractivity contribution is 7.99. The maximum Gasteiger partial charge on any atom is 0.273 e. The maximum atomic E-state index is 12.6. The number of nitrogens with one attached hydrogen (secondary N) is 1. The molecule has 0 fully saturated rings. The minimum Gasteiger partial charge on any atom is -0.382 e. The third-order valence-electron chi connectivity index (χ3n) is 5.08. The summed E-state index contributed by atoms with van der Waals surface area (Å²) in [5, 5.41) is 3.02. The predicted octanol–water partition coefficient (Wildman–Crippen LogP) is 5.35. The van der Waals surface area contributed by atoms with Crippen LogP contribution in [0, 0.1) is 0 Å². The quantitative estimate of drug-likeness (QED) is 0.331. The second-order valence-corrected chi connectivity index (χ2v) is 8.52. The molecule has 0 saturated heterocycles. The largest absolute Gasteiger partial charge is 0.382 e. The van der Waals surface area contributed by atoms with E-state index in [1.807, 2.05) is 38.2 Å². The van der Waals surface area contributed by atoms with Crippen molar-refractivity contribution < 1.29 is 9.47 Å². The molecule has 0 amide bonds. The summed E-state index contributed by atoms with van der Waals surface area (Å²) in [7, 11) is 0. The normalized spacial score (nSPS) is 12.3. The van der Waals surface area contributed by atoms with Crippen LogP contribution in [0.3, 0.4) is 0 Å². The highest BCUT2D eigenvalue weighted by atomic mass is 32.2. The van der Waals surface area contributed by atoms with Gasteiger partial charge in [0.25, 0.3) is 5.56 Å².